The summed E-state index contributed by atoms with van der Waals surface area (Å²) in [5.41, 5.74) is -1.45. The van der Waals surface area contributed by atoms with E-state index in [0.717, 1.165) is 6.07 Å². The molecule has 2 aromatic carbocycles. The molecule has 1 N–H and O–H groups in total. The molecule has 0 radical (unpaired) electrons. The van der Waals surface area contributed by atoms with Gasteiger partial charge in [-0.05, 0) is 29.4 Å². The van der Waals surface area contributed by atoms with Crippen LogP contribution in [0.4, 0.5) is 28.9 Å². The Hall–Kier alpha value is -3.30. The van der Waals surface area contributed by atoms with Gasteiger partial charge in [0, 0.05) is 17.7 Å². The third-order valence-corrected chi connectivity index (χ3v) is 2.89. The fraction of sp³-hybridized carbons (Fsp3) is 0.0667. The lowest BCUT2D eigenvalue weighted by Gasteiger charge is -2.12. The molecule has 130 valence electrons. The van der Waals surface area contributed by atoms with Crippen LogP contribution in [0.5, 0.6) is 11.5 Å². The van der Waals surface area contributed by atoms with Crippen LogP contribution in [0.3, 0.4) is 0 Å². The maximum absolute atomic E-state index is 13.8. The minimum absolute atomic E-state index is 0.143. The molecular formula is C15H8F4N2O4. The summed E-state index contributed by atoms with van der Waals surface area (Å²) in [6.45, 7) is 0. The van der Waals surface area contributed by atoms with Crippen molar-refractivity contribution in [3.8, 4) is 11.5 Å². The molecule has 0 aromatic heterocycles. The average Bonchev–Trinajstić information content (AvgIpc) is 2.54. The summed E-state index contributed by atoms with van der Waals surface area (Å²) in [5.74, 6) is -3.83. The lowest BCUT2D eigenvalue weighted by Crippen LogP contribution is -2.30. The fourth-order valence-corrected chi connectivity index (χ4v) is 1.76. The van der Waals surface area contributed by atoms with Gasteiger partial charge in [0.25, 0.3) is 0 Å². The smallest absolute Gasteiger partial charge is 0.457 e. The molecular weight excluding hydrogens is 348 g/mol. The molecule has 0 atom stereocenters. The van der Waals surface area contributed by atoms with Gasteiger partial charge in [-0.2, -0.15) is 13.2 Å². The first kappa shape index (κ1) is 18.0. The highest BCUT2D eigenvalue weighted by Gasteiger charge is 2.39. The van der Waals surface area contributed by atoms with E-state index in [1.165, 1.54) is 29.6 Å². The minimum atomic E-state index is -5.24. The lowest BCUT2D eigenvalue weighted by atomic mass is 10.2. The number of hydrogen-bond donors (Lipinski definition) is 1. The molecule has 10 heteroatoms. The summed E-state index contributed by atoms with van der Waals surface area (Å²) < 4.78 is 56.0. The first-order valence-electron chi connectivity index (χ1n) is 6.52. The van der Waals surface area contributed by atoms with Crippen LogP contribution in [0.15, 0.2) is 41.6 Å². The van der Waals surface area contributed by atoms with Crippen molar-refractivity contribution in [2.45, 2.75) is 6.18 Å². The molecule has 1 amide bonds. The van der Waals surface area contributed by atoms with E-state index in [1.54, 1.807) is 0 Å². The number of anilines is 1. The highest BCUT2D eigenvalue weighted by molar-refractivity contribution is 5.97. The number of rotatable bonds is 5. The van der Waals surface area contributed by atoms with Gasteiger partial charge in [-0.25, -0.2) is 4.39 Å². The van der Waals surface area contributed by atoms with E-state index in [4.69, 9.17) is 4.74 Å². The molecule has 0 unspecified atom stereocenters. The van der Waals surface area contributed by atoms with Crippen molar-refractivity contribution in [1.82, 2.24) is 0 Å². The number of amides is 1. The summed E-state index contributed by atoms with van der Waals surface area (Å²) >= 11 is 0. The number of hydrogen-bond acceptors (Lipinski definition) is 5. The van der Waals surface area contributed by atoms with E-state index < -0.39 is 29.3 Å². The Morgan fingerprint density at radius 2 is 1.76 bits per heavy atom. The van der Waals surface area contributed by atoms with Gasteiger partial charge in [0.1, 0.15) is 17.8 Å². The Kier molecular flexibility index (Phi) is 5.11. The van der Waals surface area contributed by atoms with Crippen LogP contribution in [0, 0.1) is 10.7 Å². The van der Waals surface area contributed by atoms with Crippen LogP contribution in [0.2, 0.25) is 0 Å². The van der Waals surface area contributed by atoms with Crippen molar-refractivity contribution >= 4 is 23.6 Å². The van der Waals surface area contributed by atoms with E-state index in [0.29, 0.717) is 17.9 Å². The van der Waals surface area contributed by atoms with Gasteiger partial charge >= 0.3 is 12.1 Å². The standard InChI is InChI=1S/C15H8F4N2O4/c16-11-5-10(25-9-3-1-8(7-22)2-4-9)6-12(13(11)21-24)20-14(23)15(17,18)19/h1-7H,(H,20,23). The molecule has 6 nitrogen and oxygen atoms in total. The van der Waals surface area contributed by atoms with Crippen LogP contribution >= 0.6 is 0 Å². The zero-order chi connectivity index (χ0) is 18.6. The molecule has 0 fully saturated rings. The van der Waals surface area contributed by atoms with Gasteiger partial charge in [0.15, 0.2) is 11.5 Å². The Morgan fingerprint density at radius 1 is 1.12 bits per heavy atom. The Balaban J connectivity index is 2.34. The lowest BCUT2D eigenvalue weighted by molar-refractivity contribution is -0.167. The molecule has 2 aromatic rings. The fourth-order valence-electron chi connectivity index (χ4n) is 1.76. The quantitative estimate of drug-likeness (QED) is 0.491. The zero-order valence-electron chi connectivity index (χ0n) is 12.1. The maximum atomic E-state index is 13.8. The normalized spacial score (nSPS) is 10.9. The predicted octanol–water partition coefficient (Wildman–Crippen LogP) is 4.33. The number of nitroso groups, excluding NO2 is 1. The maximum Gasteiger partial charge on any atom is 0.471 e. The van der Waals surface area contributed by atoms with Crippen LogP contribution in [0.25, 0.3) is 0 Å². The van der Waals surface area contributed by atoms with Crippen LogP contribution in [-0.4, -0.2) is 18.4 Å². The van der Waals surface area contributed by atoms with Crippen molar-refractivity contribution in [2.75, 3.05) is 5.32 Å². The SMILES string of the molecule is O=Cc1ccc(Oc2cc(F)c(N=O)c(NC(=O)C(F)(F)F)c2)cc1. The van der Waals surface area contributed by atoms with Gasteiger partial charge in [0.2, 0.25) is 0 Å². The number of alkyl halides is 3. The third kappa shape index (κ3) is 4.37. The van der Waals surface area contributed by atoms with E-state index in [-0.39, 0.29) is 11.5 Å². The van der Waals surface area contributed by atoms with Crippen LogP contribution < -0.4 is 10.1 Å². The number of nitrogens with one attached hydrogen (secondary N) is 1. The summed E-state index contributed by atoms with van der Waals surface area (Å²) in [5, 5.41) is 3.64. The van der Waals surface area contributed by atoms with E-state index >= 15 is 0 Å². The van der Waals surface area contributed by atoms with Gasteiger partial charge in [-0.1, -0.05) is 0 Å². The van der Waals surface area contributed by atoms with Gasteiger partial charge in [-0.3, -0.25) is 9.59 Å². The Bertz CT molecular complexity index is 820. The van der Waals surface area contributed by atoms with Gasteiger partial charge < -0.3 is 10.1 Å². The topological polar surface area (TPSA) is 84.8 Å². The highest BCUT2D eigenvalue weighted by atomic mass is 19.4. The minimum Gasteiger partial charge on any atom is -0.457 e. The van der Waals surface area contributed by atoms with E-state index in [2.05, 4.69) is 5.18 Å². The molecule has 0 saturated carbocycles. The predicted molar refractivity (Wildman–Crippen MR) is 78.4 cm³/mol. The van der Waals surface area contributed by atoms with Crippen LogP contribution in [0.1, 0.15) is 10.4 Å². The number of benzene rings is 2. The second-order valence-corrected chi connectivity index (χ2v) is 4.63. The summed E-state index contributed by atoms with van der Waals surface area (Å²) in [4.78, 5) is 32.2. The molecule has 25 heavy (non-hydrogen) atoms. The molecule has 0 saturated heterocycles. The monoisotopic (exact) mass is 356 g/mol. The third-order valence-electron chi connectivity index (χ3n) is 2.89. The number of carbonyl (C=O) groups excluding carboxylic acids is 2. The van der Waals surface area contributed by atoms with Crippen molar-refractivity contribution < 1.29 is 31.9 Å². The average molecular weight is 356 g/mol. The van der Waals surface area contributed by atoms with Crippen molar-refractivity contribution in [3.05, 3.63) is 52.7 Å². The molecule has 0 heterocycles. The Labute approximate surface area is 137 Å². The molecule has 0 spiro atoms. The van der Waals surface area contributed by atoms with Crippen molar-refractivity contribution in [3.63, 3.8) is 0 Å². The van der Waals surface area contributed by atoms with Crippen molar-refractivity contribution in [1.29, 1.82) is 0 Å². The molecule has 0 aliphatic carbocycles. The van der Waals surface area contributed by atoms with Gasteiger partial charge in [0.05, 0.1) is 5.69 Å². The van der Waals surface area contributed by atoms with E-state index in [1.807, 2.05) is 0 Å². The summed E-state index contributed by atoms with van der Waals surface area (Å²) in [7, 11) is 0. The van der Waals surface area contributed by atoms with Crippen molar-refractivity contribution in [2.24, 2.45) is 5.18 Å². The molecule has 0 aliphatic rings. The summed E-state index contributed by atoms with van der Waals surface area (Å²) in [6, 6.07) is 7.05. The molecule has 0 aliphatic heterocycles. The second kappa shape index (κ2) is 7.07. The van der Waals surface area contributed by atoms with E-state index in [9.17, 15) is 32.1 Å². The second-order valence-electron chi connectivity index (χ2n) is 4.63. The zero-order valence-corrected chi connectivity index (χ0v) is 12.1. The van der Waals surface area contributed by atoms with Gasteiger partial charge in [-0.15, -0.1) is 4.91 Å². The Morgan fingerprint density at radius 3 is 2.28 bits per heavy atom. The largest absolute Gasteiger partial charge is 0.471 e. The number of nitrogens with zero attached hydrogens (tertiary/aromatic N) is 1. The highest BCUT2D eigenvalue weighted by Crippen LogP contribution is 2.35. The first-order chi connectivity index (χ1) is 11.7. The molecule has 2 rings (SSSR count). The number of ether oxygens (including phenoxy) is 1. The first-order valence-corrected chi connectivity index (χ1v) is 6.52. The number of carbonyl (C=O) groups is 2. The van der Waals surface area contributed by atoms with Crippen LogP contribution in [-0.2, 0) is 4.79 Å². The number of aldehydes is 1. The number of halogens is 4. The molecule has 0 bridgehead atoms. The summed E-state index contributed by atoms with van der Waals surface area (Å²) in [6.07, 6.45) is -4.66.